The highest BCUT2D eigenvalue weighted by molar-refractivity contribution is 6.11. The smallest absolute Gasteiger partial charge is 0.256 e. The lowest BCUT2D eigenvalue weighted by Gasteiger charge is -2.08. The molecule has 4 nitrogen and oxygen atoms in total. The summed E-state index contributed by atoms with van der Waals surface area (Å²) in [6.07, 6.45) is 0. The number of rotatable bonds is 3. The number of carbonyl (C=O) groups excluding carboxylic acids is 1. The first kappa shape index (κ1) is 13.7. The van der Waals surface area contributed by atoms with E-state index in [4.69, 9.17) is 10.1 Å². The number of carbonyl (C=O) groups is 1. The zero-order valence-corrected chi connectivity index (χ0v) is 10.8. The van der Waals surface area contributed by atoms with Crippen LogP contribution in [0.5, 0.6) is 5.75 Å². The van der Waals surface area contributed by atoms with Crippen LogP contribution in [0.15, 0.2) is 48.5 Å². The van der Waals surface area contributed by atoms with E-state index in [9.17, 15) is 9.18 Å². The van der Waals surface area contributed by atoms with Crippen molar-refractivity contribution in [2.75, 3.05) is 7.11 Å². The number of amidine groups is 1. The molecule has 0 aromatic heterocycles. The second-order valence-electron chi connectivity index (χ2n) is 4.07. The van der Waals surface area contributed by atoms with E-state index >= 15 is 0 Å². The van der Waals surface area contributed by atoms with Gasteiger partial charge in [-0.2, -0.15) is 0 Å². The minimum atomic E-state index is -0.460. The lowest BCUT2D eigenvalue weighted by molar-refractivity contribution is 0.0977. The fourth-order valence-electron chi connectivity index (χ4n) is 1.64. The SMILES string of the molecule is COc1cccc(C(=N)NC(=O)c2ccc(F)cc2)c1. The molecule has 0 aliphatic rings. The van der Waals surface area contributed by atoms with Crippen molar-refractivity contribution in [1.29, 1.82) is 5.41 Å². The number of amides is 1. The number of nitrogens with one attached hydrogen (secondary N) is 2. The standard InChI is InChI=1S/C15H13FN2O2/c1-20-13-4-2-3-11(9-13)14(17)18-15(19)10-5-7-12(16)8-6-10/h2-9H,1H3,(H2,17,18,19). The second-order valence-corrected chi connectivity index (χ2v) is 4.07. The number of methoxy groups -OCH3 is 1. The molecule has 0 fully saturated rings. The molecule has 1 amide bonds. The van der Waals surface area contributed by atoms with Crippen molar-refractivity contribution in [3.63, 3.8) is 0 Å². The largest absolute Gasteiger partial charge is 0.497 e. The number of benzene rings is 2. The molecule has 2 N–H and O–H groups in total. The van der Waals surface area contributed by atoms with Crippen molar-refractivity contribution >= 4 is 11.7 Å². The van der Waals surface area contributed by atoms with Crippen LogP contribution >= 0.6 is 0 Å². The van der Waals surface area contributed by atoms with E-state index in [1.54, 1.807) is 24.3 Å². The highest BCUT2D eigenvalue weighted by Crippen LogP contribution is 2.12. The van der Waals surface area contributed by atoms with Gasteiger partial charge < -0.3 is 10.1 Å². The predicted molar refractivity (Wildman–Crippen MR) is 73.7 cm³/mol. The Morgan fingerprint density at radius 2 is 1.85 bits per heavy atom. The molecule has 2 aromatic carbocycles. The fourth-order valence-corrected chi connectivity index (χ4v) is 1.64. The lowest BCUT2D eigenvalue weighted by atomic mass is 10.1. The molecule has 0 aliphatic carbocycles. The molecule has 20 heavy (non-hydrogen) atoms. The summed E-state index contributed by atoms with van der Waals surface area (Å²) in [4.78, 5) is 11.9. The topological polar surface area (TPSA) is 62.2 Å². The molecule has 0 heterocycles. The van der Waals surface area contributed by atoms with E-state index in [1.165, 1.54) is 31.4 Å². The summed E-state index contributed by atoms with van der Waals surface area (Å²) in [6.45, 7) is 0. The first-order valence-electron chi connectivity index (χ1n) is 5.90. The van der Waals surface area contributed by atoms with Gasteiger partial charge in [0, 0.05) is 11.1 Å². The molecule has 102 valence electrons. The van der Waals surface area contributed by atoms with Crippen molar-refractivity contribution in [2.45, 2.75) is 0 Å². The van der Waals surface area contributed by atoms with Crippen LogP contribution in [-0.4, -0.2) is 18.9 Å². The van der Waals surface area contributed by atoms with E-state index in [0.29, 0.717) is 16.9 Å². The van der Waals surface area contributed by atoms with Crippen LogP contribution in [0.1, 0.15) is 15.9 Å². The third-order valence-electron chi connectivity index (χ3n) is 2.70. The molecule has 0 bridgehead atoms. The monoisotopic (exact) mass is 272 g/mol. The van der Waals surface area contributed by atoms with Gasteiger partial charge in [-0.1, -0.05) is 12.1 Å². The van der Waals surface area contributed by atoms with Gasteiger partial charge in [-0.05, 0) is 36.4 Å². The van der Waals surface area contributed by atoms with Gasteiger partial charge in [-0.15, -0.1) is 0 Å². The van der Waals surface area contributed by atoms with Gasteiger partial charge in [0.15, 0.2) is 0 Å². The Morgan fingerprint density at radius 1 is 1.15 bits per heavy atom. The normalized spacial score (nSPS) is 9.90. The van der Waals surface area contributed by atoms with Crippen LogP contribution < -0.4 is 10.1 Å². The van der Waals surface area contributed by atoms with Crippen LogP contribution in [0.2, 0.25) is 0 Å². The van der Waals surface area contributed by atoms with Crippen LogP contribution in [-0.2, 0) is 0 Å². The van der Waals surface area contributed by atoms with Crippen molar-refractivity contribution < 1.29 is 13.9 Å². The average molecular weight is 272 g/mol. The van der Waals surface area contributed by atoms with Gasteiger partial charge in [0.05, 0.1) is 7.11 Å². The van der Waals surface area contributed by atoms with Crippen molar-refractivity contribution in [2.24, 2.45) is 0 Å². The maximum atomic E-state index is 12.8. The van der Waals surface area contributed by atoms with Gasteiger partial charge in [0.2, 0.25) is 0 Å². The summed E-state index contributed by atoms with van der Waals surface area (Å²) >= 11 is 0. The number of hydrogen-bond donors (Lipinski definition) is 2. The molecular weight excluding hydrogens is 259 g/mol. The Kier molecular flexibility index (Phi) is 4.10. The maximum Gasteiger partial charge on any atom is 0.256 e. The van der Waals surface area contributed by atoms with E-state index in [-0.39, 0.29) is 5.84 Å². The van der Waals surface area contributed by atoms with Crippen molar-refractivity contribution in [1.82, 2.24) is 5.32 Å². The third-order valence-corrected chi connectivity index (χ3v) is 2.70. The zero-order valence-electron chi connectivity index (χ0n) is 10.8. The Labute approximate surface area is 115 Å². The van der Waals surface area contributed by atoms with Gasteiger partial charge in [-0.25, -0.2) is 4.39 Å². The first-order valence-corrected chi connectivity index (χ1v) is 5.90. The summed E-state index contributed by atoms with van der Waals surface area (Å²) in [6, 6.07) is 11.9. The fraction of sp³-hybridized carbons (Fsp3) is 0.0667. The van der Waals surface area contributed by atoms with Crippen LogP contribution in [0.3, 0.4) is 0 Å². The lowest BCUT2D eigenvalue weighted by Crippen LogP contribution is -2.30. The molecule has 0 aliphatic heterocycles. The average Bonchev–Trinajstić information content (AvgIpc) is 2.47. The number of ether oxygens (including phenoxy) is 1. The summed E-state index contributed by atoms with van der Waals surface area (Å²) in [5.41, 5.74) is 0.818. The van der Waals surface area contributed by atoms with Gasteiger partial charge in [-0.3, -0.25) is 10.2 Å². The number of halogens is 1. The molecule has 5 heteroatoms. The van der Waals surface area contributed by atoms with Crippen LogP contribution in [0.25, 0.3) is 0 Å². The highest BCUT2D eigenvalue weighted by Gasteiger charge is 2.10. The Hall–Kier alpha value is -2.69. The molecule has 0 atom stereocenters. The van der Waals surface area contributed by atoms with Gasteiger partial charge >= 0.3 is 0 Å². The second kappa shape index (κ2) is 5.97. The highest BCUT2D eigenvalue weighted by atomic mass is 19.1. The predicted octanol–water partition coefficient (Wildman–Crippen LogP) is 2.59. The molecule has 0 spiro atoms. The van der Waals surface area contributed by atoms with Crippen molar-refractivity contribution in [3.05, 3.63) is 65.5 Å². The van der Waals surface area contributed by atoms with E-state index < -0.39 is 11.7 Å². The molecule has 0 saturated heterocycles. The minimum Gasteiger partial charge on any atom is -0.497 e. The minimum absolute atomic E-state index is 0.0433. The summed E-state index contributed by atoms with van der Waals surface area (Å²) in [5.74, 6) is -0.316. The molecule has 0 saturated carbocycles. The van der Waals surface area contributed by atoms with Crippen LogP contribution in [0.4, 0.5) is 4.39 Å². The quantitative estimate of drug-likeness (QED) is 0.666. The molecular formula is C15H13FN2O2. The molecule has 0 radical (unpaired) electrons. The Bertz CT molecular complexity index is 639. The zero-order chi connectivity index (χ0) is 14.5. The molecule has 2 aromatic rings. The Balaban J connectivity index is 2.10. The molecule has 2 rings (SSSR count). The van der Waals surface area contributed by atoms with Crippen LogP contribution in [0, 0.1) is 11.2 Å². The van der Waals surface area contributed by atoms with E-state index in [1.807, 2.05) is 0 Å². The van der Waals surface area contributed by atoms with Gasteiger partial charge in [0.25, 0.3) is 5.91 Å². The van der Waals surface area contributed by atoms with E-state index in [2.05, 4.69) is 5.32 Å². The van der Waals surface area contributed by atoms with E-state index in [0.717, 1.165) is 0 Å². The number of hydrogen-bond acceptors (Lipinski definition) is 3. The summed E-state index contributed by atoms with van der Waals surface area (Å²) in [7, 11) is 1.53. The maximum absolute atomic E-state index is 12.8. The van der Waals surface area contributed by atoms with Gasteiger partial charge in [0.1, 0.15) is 17.4 Å². The van der Waals surface area contributed by atoms with Crippen molar-refractivity contribution in [3.8, 4) is 5.75 Å². The first-order chi connectivity index (χ1) is 9.60. The molecule has 0 unspecified atom stereocenters. The summed E-state index contributed by atoms with van der Waals surface area (Å²) < 4.78 is 17.8. The summed E-state index contributed by atoms with van der Waals surface area (Å²) in [5, 5.41) is 10.3. The third kappa shape index (κ3) is 3.20. The Morgan fingerprint density at radius 3 is 2.50 bits per heavy atom.